The van der Waals surface area contributed by atoms with Gasteiger partial charge in [-0.05, 0) is 86.6 Å². The van der Waals surface area contributed by atoms with Crippen LogP contribution in [0, 0.1) is 11.6 Å². The number of rotatable bonds is 11. The molecule has 60 heavy (non-hydrogen) atoms. The van der Waals surface area contributed by atoms with E-state index in [-0.39, 0.29) is 23.0 Å². The summed E-state index contributed by atoms with van der Waals surface area (Å²) in [5.74, 6) is -2.24. The molecule has 8 aromatic rings. The summed E-state index contributed by atoms with van der Waals surface area (Å²) in [4.78, 5) is 35.0. The van der Waals surface area contributed by atoms with Crippen molar-refractivity contribution < 1.29 is 37.7 Å². The number of carboxylic acid groups (broad SMARTS) is 1. The van der Waals surface area contributed by atoms with E-state index in [1.165, 1.54) is 35.9 Å². The van der Waals surface area contributed by atoms with Crippen molar-refractivity contribution in [1.29, 1.82) is 0 Å². The maximum absolute atomic E-state index is 13.6. The lowest BCUT2D eigenvalue weighted by Crippen LogP contribution is -2.26. The highest BCUT2D eigenvalue weighted by Gasteiger charge is 2.15. The maximum atomic E-state index is 13.6. The molecule has 0 atom stereocenters. The Morgan fingerprint density at radius 2 is 1.18 bits per heavy atom. The van der Waals surface area contributed by atoms with Gasteiger partial charge in [-0.3, -0.25) is 24.9 Å². The zero-order chi connectivity index (χ0) is 43.0. The molecule has 0 radical (unpaired) electrons. The number of amides is 1. The van der Waals surface area contributed by atoms with Gasteiger partial charge in [-0.1, -0.05) is 36.4 Å². The number of benzene rings is 5. The van der Waals surface area contributed by atoms with Gasteiger partial charge in [0.25, 0.3) is 5.91 Å². The van der Waals surface area contributed by atoms with Crippen molar-refractivity contribution >= 4 is 50.9 Å². The first-order valence-electron chi connectivity index (χ1n) is 18.7. The summed E-state index contributed by atoms with van der Waals surface area (Å²) >= 11 is 0. The minimum absolute atomic E-state index is 0.0184. The third-order valence-electron chi connectivity index (χ3n) is 8.72. The lowest BCUT2D eigenvalue weighted by Gasteiger charge is -2.18. The van der Waals surface area contributed by atoms with Crippen molar-refractivity contribution in [3.63, 3.8) is 0 Å². The SMILES string of the molecule is CCOc1cc(C(=O)N(C)Cc2ccc3cn[nH]c3c2)ccc1F.CCOc1cc(C(=O)O)ccc1F.CNCc1ccc2cn[nH]c2c1.O=Cc1ccc2cn[nH]c2c1. The fourth-order valence-electron chi connectivity index (χ4n) is 5.78. The van der Waals surface area contributed by atoms with Gasteiger partial charge >= 0.3 is 5.97 Å². The van der Waals surface area contributed by atoms with Crippen molar-refractivity contribution in [2.45, 2.75) is 26.9 Å². The molecule has 0 fully saturated rings. The van der Waals surface area contributed by atoms with E-state index in [0.29, 0.717) is 30.9 Å². The molecule has 5 N–H and O–H groups in total. The average Bonchev–Trinajstić information content (AvgIpc) is 4.04. The van der Waals surface area contributed by atoms with Crippen LogP contribution in [0.5, 0.6) is 11.5 Å². The molecule has 5 aromatic carbocycles. The number of hydrogen-bond donors (Lipinski definition) is 5. The highest BCUT2D eigenvalue weighted by molar-refractivity contribution is 5.94. The Morgan fingerprint density at radius 3 is 1.70 bits per heavy atom. The van der Waals surface area contributed by atoms with Gasteiger partial charge in [0.05, 0.1) is 53.9 Å². The number of aldehydes is 1. The van der Waals surface area contributed by atoms with E-state index >= 15 is 0 Å². The molecule has 16 heteroatoms. The minimum Gasteiger partial charge on any atom is -0.491 e. The summed E-state index contributed by atoms with van der Waals surface area (Å²) < 4.78 is 36.6. The first-order chi connectivity index (χ1) is 29.0. The van der Waals surface area contributed by atoms with Gasteiger partial charge < -0.3 is 24.8 Å². The van der Waals surface area contributed by atoms with Crippen LogP contribution < -0.4 is 14.8 Å². The zero-order valence-corrected chi connectivity index (χ0v) is 33.3. The van der Waals surface area contributed by atoms with Crippen molar-refractivity contribution in [2.24, 2.45) is 0 Å². The topological polar surface area (TPSA) is 191 Å². The number of aromatic nitrogens is 6. The molecule has 0 unspecified atom stereocenters. The summed E-state index contributed by atoms with van der Waals surface area (Å²) in [5.41, 5.74) is 6.26. The molecular formula is C44H44F2N8O6. The van der Waals surface area contributed by atoms with Crippen molar-refractivity contribution in [1.82, 2.24) is 40.8 Å². The standard InChI is InChI=1S/C18H18FN3O2.C9H9FO3.C9H11N3.C8H6N2O/c1-3-24-17-9-13(6-7-15(17)19)18(23)22(2)11-12-4-5-14-10-20-21-16(14)8-12;1-2-13-8-5-6(9(11)12)3-4-7(8)10;1-10-5-7-2-3-8-6-11-12-9(8)4-7;11-5-6-1-2-7-4-9-10-8(7)3-6/h4-10H,3,11H2,1-2H3,(H,20,21);3-5H,2H2,1H3,(H,11,12);2-4,6,10H,5H2,1H3,(H,11,12);1-5H,(H,9,10). The molecule has 3 heterocycles. The van der Waals surface area contributed by atoms with Crippen LogP contribution in [0.25, 0.3) is 32.7 Å². The maximum Gasteiger partial charge on any atom is 0.335 e. The van der Waals surface area contributed by atoms with Crippen LogP contribution >= 0.6 is 0 Å². The van der Waals surface area contributed by atoms with Gasteiger partial charge in [0.1, 0.15) is 6.29 Å². The number of H-pyrrole nitrogens is 3. The van der Waals surface area contributed by atoms with Gasteiger partial charge in [0.15, 0.2) is 23.1 Å². The Morgan fingerprint density at radius 1 is 0.700 bits per heavy atom. The zero-order valence-electron chi connectivity index (χ0n) is 33.3. The van der Waals surface area contributed by atoms with E-state index in [2.05, 4.69) is 54.1 Å². The third-order valence-corrected chi connectivity index (χ3v) is 8.72. The van der Waals surface area contributed by atoms with E-state index in [0.717, 1.165) is 57.2 Å². The molecule has 0 saturated carbocycles. The first-order valence-corrected chi connectivity index (χ1v) is 18.7. The number of carboxylic acids is 1. The van der Waals surface area contributed by atoms with E-state index in [9.17, 15) is 23.2 Å². The highest BCUT2D eigenvalue weighted by atomic mass is 19.1. The number of fused-ring (bicyclic) bond motifs is 3. The van der Waals surface area contributed by atoms with Gasteiger partial charge in [-0.2, -0.15) is 15.3 Å². The Labute approximate surface area is 343 Å². The summed E-state index contributed by atoms with van der Waals surface area (Å²) in [7, 11) is 3.65. The second-order valence-corrected chi connectivity index (χ2v) is 13.1. The Bertz CT molecular complexity index is 2680. The van der Waals surface area contributed by atoms with Gasteiger partial charge in [-0.15, -0.1) is 0 Å². The molecule has 310 valence electrons. The fourth-order valence-corrected chi connectivity index (χ4v) is 5.78. The molecular weight excluding hydrogens is 775 g/mol. The van der Waals surface area contributed by atoms with E-state index in [4.69, 9.17) is 14.6 Å². The summed E-state index contributed by atoms with van der Waals surface area (Å²) in [6.07, 6.45) is 6.13. The fraction of sp³-hybridized carbons (Fsp3) is 0.182. The van der Waals surface area contributed by atoms with E-state index in [1.54, 1.807) is 50.3 Å². The van der Waals surface area contributed by atoms with Crippen molar-refractivity contribution in [2.75, 3.05) is 27.3 Å². The molecule has 0 bridgehead atoms. The average molecular weight is 819 g/mol. The van der Waals surface area contributed by atoms with Crippen LogP contribution in [0.4, 0.5) is 8.78 Å². The normalized spacial score (nSPS) is 10.4. The smallest absolute Gasteiger partial charge is 0.335 e. The summed E-state index contributed by atoms with van der Waals surface area (Å²) in [6, 6.07) is 25.2. The number of hydrogen-bond acceptors (Lipinski definition) is 9. The Hall–Kier alpha value is -7.46. The van der Waals surface area contributed by atoms with E-state index < -0.39 is 17.6 Å². The minimum atomic E-state index is -1.10. The van der Waals surface area contributed by atoms with Crippen LogP contribution in [0.2, 0.25) is 0 Å². The first kappa shape index (κ1) is 43.7. The van der Waals surface area contributed by atoms with Gasteiger partial charge in [-0.25, -0.2) is 13.6 Å². The molecule has 0 aliphatic rings. The number of halogens is 2. The summed E-state index contributed by atoms with van der Waals surface area (Å²) in [5, 5.41) is 35.3. The Kier molecular flexibility index (Phi) is 15.5. The summed E-state index contributed by atoms with van der Waals surface area (Å²) in [6.45, 7) is 5.46. The molecule has 0 spiro atoms. The molecule has 0 aliphatic heterocycles. The van der Waals surface area contributed by atoms with Crippen LogP contribution in [0.1, 0.15) is 56.0 Å². The number of ether oxygens (including phenoxy) is 2. The number of nitrogens with zero attached hydrogens (tertiary/aromatic N) is 4. The number of nitrogens with one attached hydrogen (secondary N) is 4. The number of carbonyl (C=O) groups excluding carboxylic acids is 2. The van der Waals surface area contributed by atoms with Crippen LogP contribution in [-0.2, 0) is 13.1 Å². The second kappa shape index (κ2) is 21.3. The van der Waals surface area contributed by atoms with Crippen molar-refractivity contribution in [3.8, 4) is 11.5 Å². The molecule has 1 amide bonds. The monoisotopic (exact) mass is 818 g/mol. The molecule has 8 rings (SSSR count). The van der Waals surface area contributed by atoms with E-state index in [1.807, 2.05) is 37.5 Å². The highest BCUT2D eigenvalue weighted by Crippen LogP contribution is 2.22. The van der Waals surface area contributed by atoms with Crippen LogP contribution in [-0.4, -0.2) is 86.1 Å². The van der Waals surface area contributed by atoms with Crippen LogP contribution in [0.3, 0.4) is 0 Å². The number of aromatic amines is 3. The second-order valence-electron chi connectivity index (χ2n) is 13.1. The lowest BCUT2D eigenvalue weighted by atomic mass is 10.1. The number of aromatic carboxylic acids is 1. The van der Waals surface area contributed by atoms with Gasteiger partial charge in [0, 0.05) is 47.4 Å². The predicted octanol–water partition coefficient (Wildman–Crippen LogP) is 7.95. The van der Waals surface area contributed by atoms with Gasteiger partial charge in [0.2, 0.25) is 0 Å². The molecule has 0 saturated heterocycles. The van der Waals surface area contributed by atoms with Crippen molar-refractivity contribution in [3.05, 3.63) is 149 Å². The van der Waals surface area contributed by atoms with Crippen LogP contribution in [0.15, 0.2) is 110 Å². The quantitative estimate of drug-likeness (QED) is 0.0801. The molecule has 14 nitrogen and oxygen atoms in total. The largest absolute Gasteiger partial charge is 0.491 e. The molecule has 0 aliphatic carbocycles. The predicted molar refractivity (Wildman–Crippen MR) is 224 cm³/mol. The third kappa shape index (κ3) is 11.8. The molecule has 3 aromatic heterocycles. The number of carbonyl (C=O) groups is 3. The Balaban J connectivity index is 0.000000162. The lowest BCUT2D eigenvalue weighted by molar-refractivity contribution is 0.0695.